The molecule has 160 valence electrons. The van der Waals surface area contributed by atoms with Gasteiger partial charge in [0, 0.05) is 64.2 Å². The van der Waals surface area contributed by atoms with E-state index in [1.807, 2.05) is 30.5 Å². The minimum Gasteiger partial charge on any atom is -0.379 e. The van der Waals surface area contributed by atoms with Gasteiger partial charge in [0.05, 0.1) is 25.5 Å². The predicted octanol–water partition coefficient (Wildman–Crippen LogP) is 1.67. The topological polar surface area (TPSA) is 60.9 Å². The monoisotopic (exact) mass is 409 g/mol. The third kappa shape index (κ3) is 6.34. The first-order chi connectivity index (χ1) is 14.7. The maximum absolute atomic E-state index is 12.5. The smallest absolute Gasteiger partial charge is 0.238 e. The zero-order valence-corrected chi connectivity index (χ0v) is 17.5. The quantitative estimate of drug-likeness (QED) is 0.751. The van der Waals surface area contributed by atoms with Gasteiger partial charge in [0.1, 0.15) is 0 Å². The fourth-order valence-corrected chi connectivity index (χ4v) is 3.94. The summed E-state index contributed by atoms with van der Waals surface area (Å²) in [6.45, 7) is 9.54. The summed E-state index contributed by atoms with van der Waals surface area (Å²) in [5, 5.41) is 3.03. The van der Waals surface area contributed by atoms with Gasteiger partial charge in [0.2, 0.25) is 5.91 Å². The lowest BCUT2D eigenvalue weighted by atomic mass is 10.2. The molecule has 2 aliphatic heterocycles. The maximum atomic E-state index is 12.5. The van der Waals surface area contributed by atoms with Gasteiger partial charge >= 0.3 is 0 Å². The lowest BCUT2D eigenvalue weighted by molar-refractivity contribution is -0.117. The van der Waals surface area contributed by atoms with Crippen LogP contribution in [0.5, 0.6) is 0 Å². The number of morpholine rings is 1. The van der Waals surface area contributed by atoms with Crippen LogP contribution in [0.2, 0.25) is 0 Å². The Labute approximate surface area is 178 Å². The number of anilines is 1. The number of piperazine rings is 1. The SMILES string of the molecule is O=C(CN1CCN(Cc2ccccn2)CC1)Nc1ccc(CN2CCOCC2)cc1. The van der Waals surface area contributed by atoms with Crippen molar-refractivity contribution in [1.82, 2.24) is 19.7 Å². The first-order valence-electron chi connectivity index (χ1n) is 10.8. The minimum atomic E-state index is 0.0501. The number of ether oxygens (including phenoxy) is 1. The largest absolute Gasteiger partial charge is 0.379 e. The number of nitrogens with one attached hydrogen (secondary N) is 1. The fraction of sp³-hybridized carbons (Fsp3) is 0.478. The zero-order valence-electron chi connectivity index (χ0n) is 17.5. The molecule has 7 nitrogen and oxygen atoms in total. The van der Waals surface area contributed by atoms with Gasteiger partial charge in [-0.1, -0.05) is 18.2 Å². The van der Waals surface area contributed by atoms with Crippen LogP contribution < -0.4 is 5.32 Å². The van der Waals surface area contributed by atoms with Gasteiger partial charge in [0.25, 0.3) is 0 Å². The molecule has 0 unspecified atom stereocenters. The third-order valence-corrected chi connectivity index (χ3v) is 5.69. The fourth-order valence-electron chi connectivity index (χ4n) is 3.94. The molecule has 1 amide bonds. The summed E-state index contributed by atoms with van der Waals surface area (Å²) in [6.07, 6.45) is 1.84. The predicted molar refractivity (Wildman–Crippen MR) is 117 cm³/mol. The Kier molecular flexibility index (Phi) is 7.42. The van der Waals surface area contributed by atoms with Crippen molar-refractivity contribution in [3.05, 3.63) is 59.9 Å². The molecule has 2 aliphatic rings. The van der Waals surface area contributed by atoms with Crippen molar-refractivity contribution >= 4 is 11.6 Å². The maximum Gasteiger partial charge on any atom is 0.238 e. The van der Waals surface area contributed by atoms with Gasteiger partial charge in [-0.3, -0.25) is 24.5 Å². The van der Waals surface area contributed by atoms with E-state index in [4.69, 9.17) is 4.74 Å². The number of carbonyl (C=O) groups is 1. The summed E-state index contributed by atoms with van der Waals surface area (Å²) in [6, 6.07) is 14.2. The Hall–Kier alpha value is -2.32. The van der Waals surface area contributed by atoms with Crippen molar-refractivity contribution in [3.8, 4) is 0 Å². The molecule has 1 N–H and O–H groups in total. The second-order valence-corrected chi connectivity index (χ2v) is 8.01. The molecule has 3 heterocycles. The summed E-state index contributed by atoms with van der Waals surface area (Å²) in [4.78, 5) is 23.9. The van der Waals surface area contributed by atoms with Gasteiger partial charge < -0.3 is 10.1 Å². The number of amides is 1. The molecule has 2 aromatic rings. The van der Waals surface area contributed by atoms with Gasteiger partial charge in [-0.25, -0.2) is 0 Å². The molecule has 0 saturated carbocycles. The van der Waals surface area contributed by atoms with E-state index in [0.717, 1.165) is 77.0 Å². The van der Waals surface area contributed by atoms with Gasteiger partial charge in [0.15, 0.2) is 0 Å². The molecule has 2 fully saturated rings. The van der Waals surface area contributed by atoms with Crippen LogP contribution >= 0.6 is 0 Å². The summed E-state index contributed by atoms with van der Waals surface area (Å²) < 4.78 is 5.40. The Bertz CT molecular complexity index is 785. The van der Waals surface area contributed by atoms with Crippen LogP contribution in [0.1, 0.15) is 11.3 Å². The van der Waals surface area contributed by atoms with E-state index in [1.54, 1.807) is 0 Å². The highest BCUT2D eigenvalue weighted by Gasteiger charge is 2.19. The molecule has 0 spiro atoms. The highest BCUT2D eigenvalue weighted by molar-refractivity contribution is 5.92. The lowest BCUT2D eigenvalue weighted by Crippen LogP contribution is -2.48. The van der Waals surface area contributed by atoms with Crippen LogP contribution in [0.4, 0.5) is 5.69 Å². The Balaban J connectivity index is 1.17. The lowest BCUT2D eigenvalue weighted by Gasteiger charge is -2.34. The molecule has 0 bridgehead atoms. The van der Waals surface area contributed by atoms with E-state index in [9.17, 15) is 4.79 Å². The molecule has 2 saturated heterocycles. The van der Waals surface area contributed by atoms with E-state index in [0.29, 0.717) is 6.54 Å². The molecule has 0 atom stereocenters. The van der Waals surface area contributed by atoms with Crippen LogP contribution in [0.3, 0.4) is 0 Å². The molecule has 0 radical (unpaired) electrons. The van der Waals surface area contributed by atoms with E-state index in [-0.39, 0.29) is 5.91 Å². The number of aromatic nitrogens is 1. The van der Waals surface area contributed by atoms with Gasteiger partial charge in [-0.05, 0) is 29.8 Å². The number of hydrogen-bond acceptors (Lipinski definition) is 6. The Morgan fingerprint density at radius 1 is 0.867 bits per heavy atom. The molecule has 4 rings (SSSR count). The van der Waals surface area contributed by atoms with Gasteiger partial charge in [-0.15, -0.1) is 0 Å². The van der Waals surface area contributed by atoms with Crippen LogP contribution in [-0.2, 0) is 22.6 Å². The molecule has 1 aromatic heterocycles. The Morgan fingerprint density at radius 2 is 1.57 bits per heavy atom. The summed E-state index contributed by atoms with van der Waals surface area (Å²) in [5.41, 5.74) is 3.22. The summed E-state index contributed by atoms with van der Waals surface area (Å²) >= 11 is 0. The van der Waals surface area contributed by atoms with Crippen molar-refractivity contribution in [2.75, 3.05) is 64.3 Å². The summed E-state index contributed by atoms with van der Waals surface area (Å²) in [7, 11) is 0. The minimum absolute atomic E-state index is 0.0501. The second-order valence-electron chi connectivity index (χ2n) is 8.01. The Morgan fingerprint density at radius 3 is 2.27 bits per heavy atom. The van der Waals surface area contributed by atoms with Crippen molar-refractivity contribution in [1.29, 1.82) is 0 Å². The van der Waals surface area contributed by atoms with Gasteiger partial charge in [-0.2, -0.15) is 0 Å². The molecular weight excluding hydrogens is 378 g/mol. The van der Waals surface area contributed by atoms with E-state index in [1.165, 1.54) is 5.56 Å². The summed E-state index contributed by atoms with van der Waals surface area (Å²) in [5.74, 6) is 0.0501. The van der Waals surface area contributed by atoms with Crippen LogP contribution in [-0.4, -0.2) is 84.6 Å². The number of nitrogens with zero attached hydrogens (tertiary/aromatic N) is 4. The molecular formula is C23H31N5O2. The molecule has 0 aliphatic carbocycles. The average Bonchev–Trinajstić information content (AvgIpc) is 2.78. The molecule has 7 heteroatoms. The van der Waals surface area contributed by atoms with Crippen molar-refractivity contribution in [2.24, 2.45) is 0 Å². The van der Waals surface area contributed by atoms with Crippen molar-refractivity contribution < 1.29 is 9.53 Å². The highest BCUT2D eigenvalue weighted by atomic mass is 16.5. The highest BCUT2D eigenvalue weighted by Crippen LogP contribution is 2.13. The number of hydrogen-bond donors (Lipinski definition) is 1. The average molecular weight is 410 g/mol. The first-order valence-corrected chi connectivity index (χ1v) is 10.8. The number of carbonyl (C=O) groups excluding carboxylic acids is 1. The second kappa shape index (κ2) is 10.6. The standard InChI is InChI=1S/C23H31N5O2/c29-23(19-27-11-9-26(10-12-27)18-22-3-1-2-8-24-22)25-21-6-4-20(5-7-21)17-28-13-15-30-16-14-28/h1-8H,9-19H2,(H,25,29). The van der Waals surface area contributed by atoms with E-state index < -0.39 is 0 Å². The van der Waals surface area contributed by atoms with Crippen LogP contribution in [0, 0.1) is 0 Å². The van der Waals surface area contributed by atoms with Crippen LogP contribution in [0.15, 0.2) is 48.7 Å². The normalized spacial score (nSPS) is 18.9. The third-order valence-electron chi connectivity index (χ3n) is 5.69. The first kappa shape index (κ1) is 20.9. The zero-order chi connectivity index (χ0) is 20.6. The van der Waals surface area contributed by atoms with E-state index >= 15 is 0 Å². The van der Waals surface area contributed by atoms with Crippen LogP contribution in [0.25, 0.3) is 0 Å². The van der Waals surface area contributed by atoms with E-state index in [2.05, 4.69) is 43.2 Å². The number of benzene rings is 1. The van der Waals surface area contributed by atoms with Crippen molar-refractivity contribution in [2.45, 2.75) is 13.1 Å². The number of rotatable bonds is 7. The number of pyridine rings is 1. The molecule has 30 heavy (non-hydrogen) atoms. The van der Waals surface area contributed by atoms with Crippen molar-refractivity contribution in [3.63, 3.8) is 0 Å². The molecule has 1 aromatic carbocycles.